The first-order valence-corrected chi connectivity index (χ1v) is 4.98. The van der Waals surface area contributed by atoms with Crippen molar-refractivity contribution in [2.24, 2.45) is 25.9 Å². The van der Waals surface area contributed by atoms with Crippen LogP contribution in [0.4, 0.5) is 0 Å². The Morgan fingerprint density at radius 1 is 0.778 bits per heavy atom. The highest BCUT2D eigenvalue weighted by Crippen LogP contribution is 2.14. The zero-order valence-electron chi connectivity index (χ0n) is 9.40. The topological polar surface area (TPSA) is 118 Å². The smallest absolute Gasteiger partial charge is 0.211 e. The Balaban J connectivity index is 4.80. The van der Waals surface area contributed by atoms with E-state index in [-0.39, 0.29) is 25.6 Å². The van der Waals surface area contributed by atoms with Crippen molar-refractivity contribution in [3.63, 3.8) is 0 Å². The molecule has 0 N–H and O–H groups in total. The third kappa shape index (κ3) is 6.90. The van der Waals surface area contributed by atoms with E-state index in [2.05, 4.69) is 20.0 Å². The van der Waals surface area contributed by atoms with Crippen LogP contribution in [0, 0.1) is 5.92 Å². The number of hydrogen-bond donors (Lipinski definition) is 0. The quantitative estimate of drug-likeness (QED) is 0.412. The average Bonchev–Trinajstić information content (AvgIpc) is 2.39. The van der Waals surface area contributed by atoms with Crippen molar-refractivity contribution in [3.8, 4) is 0 Å². The lowest BCUT2D eigenvalue weighted by atomic mass is 9.96. The fourth-order valence-electron chi connectivity index (χ4n) is 1.33. The molecule has 0 aromatic heterocycles. The molecule has 0 aliphatic rings. The maximum Gasteiger partial charge on any atom is 0.235 e. The van der Waals surface area contributed by atoms with Crippen LogP contribution >= 0.6 is 0 Å². The van der Waals surface area contributed by atoms with Crippen molar-refractivity contribution in [1.82, 2.24) is 0 Å². The van der Waals surface area contributed by atoms with Gasteiger partial charge in [-0.1, -0.05) is 0 Å². The van der Waals surface area contributed by atoms with E-state index in [9.17, 15) is 19.2 Å². The maximum absolute atomic E-state index is 10.3. The molecule has 94 valence electrons. The van der Waals surface area contributed by atoms with Crippen LogP contribution in [0.1, 0.15) is 6.42 Å². The van der Waals surface area contributed by atoms with Crippen molar-refractivity contribution in [3.05, 3.63) is 0 Å². The average molecular weight is 250 g/mol. The Labute approximate surface area is 102 Å². The second-order valence-corrected chi connectivity index (χ2v) is 3.17. The molecule has 0 heterocycles. The van der Waals surface area contributed by atoms with E-state index in [1.165, 1.54) is 24.3 Å². The monoisotopic (exact) mass is 250 g/mol. The minimum absolute atomic E-state index is 0.0438. The summed E-state index contributed by atoms with van der Waals surface area (Å²) in [5.74, 6) is -0.373. The molecule has 0 fully saturated rings. The first-order chi connectivity index (χ1) is 8.79. The van der Waals surface area contributed by atoms with Gasteiger partial charge in [0, 0.05) is 5.92 Å². The molecule has 0 bridgehead atoms. The van der Waals surface area contributed by atoms with Gasteiger partial charge in [-0.2, -0.15) is 0 Å². The molecule has 0 rings (SSSR count). The van der Waals surface area contributed by atoms with Crippen molar-refractivity contribution < 1.29 is 19.2 Å². The number of nitrogens with zero attached hydrogens (tertiary/aromatic N) is 4. The van der Waals surface area contributed by atoms with Crippen LogP contribution in [0.15, 0.2) is 20.0 Å². The van der Waals surface area contributed by atoms with Crippen LogP contribution in [-0.2, 0) is 19.2 Å². The molecule has 0 amide bonds. The molecule has 0 aliphatic carbocycles. The molecule has 2 atom stereocenters. The Hall–Kier alpha value is -2.48. The molecule has 0 radical (unpaired) electrons. The van der Waals surface area contributed by atoms with E-state index in [0.717, 1.165) is 0 Å². The van der Waals surface area contributed by atoms with Crippen molar-refractivity contribution in [2.45, 2.75) is 12.5 Å². The van der Waals surface area contributed by atoms with E-state index < -0.39 is 6.04 Å². The number of rotatable bonds is 9. The van der Waals surface area contributed by atoms with Crippen LogP contribution in [-0.4, -0.2) is 50.0 Å². The lowest BCUT2D eigenvalue weighted by molar-refractivity contribution is 0.410. The van der Waals surface area contributed by atoms with Crippen molar-refractivity contribution >= 4 is 24.3 Å². The summed E-state index contributed by atoms with van der Waals surface area (Å²) in [7, 11) is 0. The fourth-order valence-corrected chi connectivity index (χ4v) is 1.33. The van der Waals surface area contributed by atoms with Crippen LogP contribution in [0.25, 0.3) is 0 Å². The van der Waals surface area contributed by atoms with E-state index >= 15 is 0 Å². The minimum atomic E-state index is -0.664. The summed E-state index contributed by atoms with van der Waals surface area (Å²) in [4.78, 5) is 53.8. The Kier molecular flexibility index (Phi) is 9.50. The number of hydrogen-bond acceptors (Lipinski definition) is 8. The summed E-state index contributed by atoms with van der Waals surface area (Å²) < 4.78 is 0. The molecular formula is C10H10N4O4. The maximum atomic E-state index is 10.3. The predicted molar refractivity (Wildman–Crippen MR) is 59.0 cm³/mol. The number of carbonyl (C=O) groups excluding carboxylic acids is 4. The largest absolute Gasteiger partial charge is 0.235 e. The molecule has 0 spiro atoms. The zero-order chi connectivity index (χ0) is 13.6. The Morgan fingerprint density at radius 2 is 1.39 bits per heavy atom. The molecule has 0 saturated carbocycles. The number of isocyanates is 4. The van der Waals surface area contributed by atoms with Gasteiger partial charge in [0.25, 0.3) is 0 Å². The molecule has 0 saturated heterocycles. The molecule has 8 nitrogen and oxygen atoms in total. The lowest BCUT2D eigenvalue weighted by Gasteiger charge is -2.17. The van der Waals surface area contributed by atoms with Gasteiger partial charge in [0.2, 0.25) is 24.3 Å². The molecule has 0 aromatic rings. The summed E-state index contributed by atoms with van der Waals surface area (Å²) in [6.07, 6.45) is 5.75. The minimum Gasteiger partial charge on any atom is -0.211 e. The molecule has 0 aromatic carbocycles. The SMILES string of the molecule is O=C=NCCC(CN=C=O)C(CN=C=O)N=C=O. The third-order valence-corrected chi connectivity index (χ3v) is 2.17. The molecule has 8 heteroatoms. The number of aliphatic imine (C=N–C) groups is 4. The van der Waals surface area contributed by atoms with E-state index in [1.54, 1.807) is 0 Å². The normalized spacial score (nSPS) is 11.8. The highest BCUT2D eigenvalue weighted by Gasteiger charge is 2.20. The van der Waals surface area contributed by atoms with Gasteiger partial charge in [0.1, 0.15) is 0 Å². The third-order valence-electron chi connectivity index (χ3n) is 2.17. The van der Waals surface area contributed by atoms with Gasteiger partial charge in [-0.05, 0) is 6.42 Å². The lowest BCUT2D eigenvalue weighted by Crippen LogP contribution is -2.25. The summed E-state index contributed by atoms with van der Waals surface area (Å²) in [6, 6.07) is -0.664. The van der Waals surface area contributed by atoms with Crippen molar-refractivity contribution in [2.75, 3.05) is 19.6 Å². The van der Waals surface area contributed by atoms with Crippen LogP contribution in [0.3, 0.4) is 0 Å². The fraction of sp³-hybridized carbons (Fsp3) is 0.600. The highest BCUT2D eigenvalue weighted by atomic mass is 16.1. The summed E-state index contributed by atoms with van der Waals surface area (Å²) >= 11 is 0. The Morgan fingerprint density at radius 3 is 1.94 bits per heavy atom. The van der Waals surface area contributed by atoms with Crippen LogP contribution in [0.5, 0.6) is 0 Å². The van der Waals surface area contributed by atoms with E-state index in [4.69, 9.17) is 0 Å². The van der Waals surface area contributed by atoms with Gasteiger partial charge in [-0.15, -0.1) is 0 Å². The molecular weight excluding hydrogens is 240 g/mol. The first-order valence-electron chi connectivity index (χ1n) is 4.98. The van der Waals surface area contributed by atoms with Crippen molar-refractivity contribution in [1.29, 1.82) is 0 Å². The zero-order valence-corrected chi connectivity index (χ0v) is 9.40. The van der Waals surface area contributed by atoms with Gasteiger partial charge in [0.05, 0.1) is 25.7 Å². The van der Waals surface area contributed by atoms with Gasteiger partial charge >= 0.3 is 0 Å². The first kappa shape index (κ1) is 15.5. The second kappa shape index (κ2) is 11.0. The second-order valence-electron chi connectivity index (χ2n) is 3.17. The van der Waals surface area contributed by atoms with E-state index in [0.29, 0.717) is 6.42 Å². The van der Waals surface area contributed by atoms with Gasteiger partial charge in [-0.25, -0.2) is 39.1 Å². The molecule has 0 aliphatic heterocycles. The Bertz CT molecular complexity index is 439. The molecule has 2 unspecified atom stereocenters. The van der Waals surface area contributed by atoms with E-state index in [1.807, 2.05) is 0 Å². The summed E-state index contributed by atoms with van der Waals surface area (Å²) in [6.45, 7) is 0.128. The summed E-state index contributed by atoms with van der Waals surface area (Å²) in [5.41, 5.74) is 0. The van der Waals surface area contributed by atoms with Gasteiger partial charge in [-0.3, -0.25) is 0 Å². The highest BCUT2D eigenvalue weighted by molar-refractivity contribution is 5.36. The molecule has 18 heavy (non-hydrogen) atoms. The summed E-state index contributed by atoms with van der Waals surface area (Å²) in [5, 5.41) is 0. The van der Waals surface area contributed by atoms with Gasteiger partial charge in [0.15, 0.2) is 0 Å². The van der Waals surface area contributed by atoms with Crippen LogP contribution in [0.2, 0.25) is 0 Å². The van der Waals surface area contributed by atoms with Crippen LogP contribution < -0.4 is 0 Å². The standard InChI is InChI=1S/C10H10N4O4/c15-5-11-2-1-9(3-12-6-16)10(14-8-18)4-13-7-17/h9-10H,1-4H2. The van der Waals surface area contributed by atoms with Gasteiger partial charge < -0.3 is 0 Å². The predicted octanol–water partition coefficient (Wildman–Crippen LogP) is -0.296.